The van der Waals surface area contributed by atoms with Gasteiger partial charge < -0.3 is 9.47 Å². The highest BCUT2D eigenvalue weighted by atomic mass is 16.7. The van der Waals surface area contributed by atoms with Crippen LogP contribution in [0.3, 0.4) is 0 Å². The number of rotatable bonds is 2. The molecule has 0 amide bonds. The van der Waals surface area contributed by atoms with Crippen LogP contribution in [0.25, 0.3) is 0 Å². The third-order valence-electron chi connectivity index (χ3n) is 4.79. The van der Waals surface area contributed by atoms with Gasteiger partial charge in [-0.15, -0.1) is 6.42 Å². The summed E-state index contributed by atoms with van der Waals surface area (Å²) in [4.78, 5) is 0. The van der Waals surface area contributed by atoms with Gasteiger partial charge in [-0.3, -0.25) is 0 Å². The Morgan fingerprint density at radius 2 is 2.20 bits per heavy atom. The first kappa shape index (κ1) is 11.0. The molecule has 84 valence electrons. The molecular formula is C13H20O2. The SMILES string of the molecule is C#CCO[C@H]1OC[C@H]2CC[C@]1(C)C2(C)C. The second kappa shape index (κ2) is 3.50. The van der Waals surface area contributed by atoms with Crippen LogP contribution in [0.15, 0.2) is 0 Å². The molecule has 0 N–H and O–H groups in total. The van der Waals surface area contributed by atoms with Crippen LogP contribution in [0.1, 0.15) is 33.6 Å². The van der Waals surface area contributed by atoms with Crippen molar-refractivity contribution in [3.63, 3.8) is 0 Å². The maximum absolute atomic E-state index is 5.79. The molecule has 1 saturated carbocycles. The van der Waals surface area contributed by atoms with Gasteiger partial charge in [-0.05, 0) is 24.2 Å². The van der Waals surface area contributed by atoms with Crippen molar-refractivity contribution in [1.82, 2.24) is 0 Å². The molecule has 0 spiro atoms. The summed E-state index contributed by atoms with van der Waals surface area (Å²) in [6.45, 7) is 8.10. The van der Waals surface area contributed by atoms with E-state index in [0.29, 0.717) is 17.9 Å². The van der Waals surface area contributed by atoms with Gasteiger partial charge in [0.05, 0.1) is 6.61 Å². The summed E-state index contributed by atoms with van der Waals surface area (Å²) < 4.78 is 11.4. The fourth-order valence-corrected chi connectivity index (χ4v) is 3.08. The normalized spacial score (nSPS) is 42.5. The predicted octanol–water partition coefficient (Wildman–Crippen LogP) is 2.44. The maximum Gasteiger partial charge on any atom is 0.164 e. The molecular weight excluding hydrogens is 188 g/mol. The van der Waals surface area contributed by atoms with Crippen LogP contribution in [-0.2, 0) is 9.47 Å². The van der Waals surface area contributed by atoms with E-state index in [9.17, 15) is 0 Å². The molecule has 1 aliphatic heterocycles. The number of hydrogen-bond acceptors (Lipinski definition) is 2. The van der Waals surface area contributed by atoms with Gasteiger partial charge in [-0.1, -0.05) is 26.7 Å². The highest BCUT2D eigenvalue weighted by molar-refractivity contribution is 5.05. The first-order chi connectivity index (χ1) is 7.02. The Morgan fingerprint density at radius 1 is 1.47 bits per heavy atom. The van der Waals surface area contributed by atoms with Crippen LogP contribution in [0, 0.1) is 29.1 Å². The van der Waals surface area contributed by atoms with Gasteiger partial charge in [0.25, 0.3) is 0 Å². The molecule has 1 saturated heterocycles. The van der Waals surface area contributed by atoms with Crippen molar-refractivity contribution in [2.45, 2.75) is 39.9 Å². The molecule has 0 aromatic heterocycles. The number of terminal acetylenes is 1. The zero-order valence-electron chi connectivity index (χ0n) is 9.88. The van der Waals surface area contributed by atoms with Gasteiger partial charge in [-0.25, -0.2) is 0 Å². The average molecular weight is 208 g/mol. The molecule has 0 radical (unpaired) electrons. The van der Waals surface area contributed by atoms with Gasteiger partial charge in [0, 0.05) is 5.41 Å². The molecule has 0 aromatic carbocycles. The second-order valence-corrected chi connectivity index (χ2v) is 5.56. The summed E-state index contributed by atoms with van der Waals surface area (Å²) in [7, 11) is 0. The molecule has 2 bridgehead atoms. The fraction of sp³-hybridized carbons (Fsp3) is 0.846. The van der Waals surface area contributed by atoms with E-state index in [1.54, 1.807) is 0 Å². The Hall–Kier alpha value is -0.520. The second-order valence-electron chi connectivity index (χ2n) is 5.56. The van der Waals surface area contributed by atoms with Crippen LogP contribution < -0.4 is 0 Å². The molecule has 0 unspecified atom stereocenters. The zero-order valence-corrected chi connectivity index (χ0v) is 9.88. The lowest BCUT2D eigenvalue weighted by atomic mass is 9.64. The average Bonchev–Trinajstić information content (AvgIpc) is 2.37. The highest BCUT2D eigenvalue weighted by Gasteiger charge is 2.59. The van der Waals surface area contributed by atoms with Crippen LogP contribution in [0.5, 0.6) is 0 Å². The van der Waals surface area contributed by atoms with E-state index in [2.05, 4.69) is 26.7 Å². The zero-order chi connectivity index (χ0) is 11.1. The Balaban J connectivity index is 2.19. The third kappa shape index (κ3) is 1.41. The Bertz CT molecular complexity index is 289. The Labute approximate surface area is 92.3 Å². The summed E-state index contributed by atoms with van der Waals surface area (Å²) in [6.07, 6.45) is 7.53. The van der Waals surface area contributed by atoms with Crippen LogP contribution in [0.2, 0.25) is 0 Å². The van der Waals surface area contributed by atoms with E-state index >= 15 is 0 Å². The summed E-state index contributed by atoms with van der Waals surface area (Å²) in [5.74, 6) is 3.19. The fourth-order valence-electron chi connectivity index (χ4n) is 3.08. The first-order valence-corrected chi connectivity index (χ1v) is 5.69. The van der Waals surface area contributed by atoms with E-state index in [1.807, 2.05) is 0 Å². The molecule has 3 atom stereocenters. The summed E-state index contributed by atoms with van der Waals surface area (Å²) in [5.41, 5.74) is 0.414. The lowest BCUT2D eigenvalue weighted by molar-refractivity contribution is -0.258. The van der Waals surface area contributed by atoms with Crippen LogP contribution >= 0.6 is 0 Å². The topological polar surface area (TPSA) is 18.5 Å². The van der Waals surface area contributed by atoms with Crippen molar-refractivity contribution < 1.29 is 9.47 Å². The smallest absolute Gasteiger partial charge is 0.164 e. The van der Waals surface area contributed by atoms with Crippen molar-refractivity contribution >= 4 is 0 Å². The van der Waals surface area contributed by atoms with E-state index in [-0.39, 0.29) is 11.7 Å². The summed E-state index contributed by atoms with van der Waals surface area (Å²) >= 11 is 0. The summed E-state index contributed by atoms with van der Waals surface area (Å²) in [5, 5.41) is 0. The monoisotopic (exact) mass is 208 g/mol. The van der Waals surface area contributed by atoms with Crippen molar-refractivity contribution in [2.24, 2.45) is 16.7 Å². The van der Waals surface area contributed by atoms with Crippen molar-refractivity contribution in [1.29, 1.82) is 0 Å². The predicted molar refractivity (Wildman–Crippen MR) is 59.1 cm³/mol. The Morgan fingerprint density at radius 3 is 2.87 bits per heavy atom. The van der Waals surface area contributed by atoms with E-state index in [0.717, 1.165) is 6.61 Å². The van der Waals surface area contributed by atoms with Crippen molar-refractivity contribution in [3.05, 3.63) is 0 Å². The molecule has 1 aliphatic carbocycles. The van der Waals surface area contributed by atoms with E-state index in [4.69, 9.17) is 15.9 Å². The summed E-state index contributed by atoms with van der Waals surface area (Å²) in [6, 6.07) is 0. The molecule has 2 rings (SSSR count). The van der Waals surface area contributed by atoms with Gasteiger partial charge in [0.2, 0.25) is 0 Å². The molecule has 2 heteroatoms. The van der Waals surface area contributed by atoms with Crippen molar-refractivity contribution in [3.8, 4) is 12.3 Å². The molecule has 1 heterocycles. The van der Waals surface area contributed by atoms with Crippen LogP contribution in [-0.4, -0.2) is 19.5 Å². The van der Waals surface area contributed by atoms with E-state index < -0.39 is 0 Å². The lowest BCUT2D eigenvalue weighted by Crippen LogP contribution is -2.51. The largest absolute Gasteiger partial charge is 0.352 e. The standard InChI is InChI=1S/C13H20O2/c1-5-8-14-11-13(4)7-6-10(9-15-11)12(13,2)3/h1,10-11H,6-9H2,2-4H3/t10-,11+,13+/m1/s1. The minimum Gasteiger partial charge on any atom is -0.352 e. The van der Waals surface area contributed by atoms with Crippen LogP contribution in [0.4, 0.5) is 0 Å². The molecule has 2 nitrogen and oxygen atoms in total. The minimum absolute atomic E-state index is 0.118. The number of hydrogen-bond donors (Lipinski definition) is 0. The quantitative estimate of drug-likeness (QED) is 0.649. The van der Waals surface area contributed by atoms with Gasteiger partial charge in [-0.2, -0.15) is 0 Å². The van der Waals surface area contributed by atoms with E-state index in [1.165, 1.54) is 12.8 Å². The Kier molecular flexibility index (Phi) is 2.56. The molecule has 2 aliphatic rings. The number of ether oxygens (including phenoxy) is 2. The number of fused-ring (bicyclic) bond motifs is 2. The van der Waals surface area contributed by atoms with Crippen molar-refractivity contribution in [2.75, 3.05) is 13.2 Å². The van der Waals surface area contributed by atoms with Gasteiger partial charge in [0.15, 0.2) is 6.29 Å². The van der Waals surface area contributed by atoms with Gasteiger partial charge in [0.1, 0.15) is 6.61 Å². The lowest BCUT2D eigenvalue weighted by Gasteiger charge is -2.49. The minimum atomic E-state index is -0.123. The molecule has 2 fully saturated rings. The maximum atomic E-state index is 5.79. The first-order valence-electron chi connectivity index (χ1n) is 5.69. The highest BCUT2D eigenvalue weighted by Crippen LogP contribution is 2.61. The van der Waals surface area contributed by atoms with Gasteiger partial charge >= 0.3 is 0 Å². The molecule has 0 aromatic rings. The third-order valence-corrected chi connectivity index (χ3v) is 4.79. The molecule has 15 heavy (non-hydrogen) atoms.